The second-order valence-electron chi connectivity index (χ2n) is 3.11. The summed E-state index contributed by atoms with van der Waals surface area (Å²) in [5, 5.41) is 10.8. The van der Waals surface area contributed by atoms with Crippen molar-refractivity contribution in [3.05, 3.63) is 5.82 Å². The lowest BCUT2D eigenvalue weighted by atomic mass is 10.3. The van der Waals surface area contributed by atoms with Crippen LogP contribution in [0.3, 0.4) is 0 Å². The third kappa shape index (κ3) is 2.61. The molecule has 0 amide bonds. The maximum absolute atomic E-state index is 5.93. The summed E-state index contributed by atoms with van der Waals surface area (Å²) in [4.78, 5) is 0. The van der Waals surface area contributed by atoms with Crippen LogP contribution in [-0.4, -0.2) is 24.0 Å². The molecule has 1 aromatic heterocycles. The molecule has 1 heterocycles. The van der Waals surface area contributed by atoms with Gasteiger partial charge in [-0.15, -0.1) is 5.10 Å². The molecule has 0 aromatic carbocycles. The molecule has 0 bridgehead atoms. The Hall–Kier alpha value is 0.520. The largest absolute Gasteiger partial charge is 0.230 e. The minimum absolute atomic E-state index is 0.0424. The number of aromatic nitrogens is 4. The Bertz CT molecular complexity index is 342. The molecule has 0 spiro atoms. The van der Waals surface area contributed by atoms with Gasteiger partial charge in [-0.1, -0.05) is 58.0 Å². The molecular weight excluding hydrogens is 305 g/mol. The van der Waals surface area contributed by atoms with Crippen molar-refractivity contribution in [3.8, 4) is 0 Å². The summed E-state index contributed by atoms with van der Waals surface area (Å²) < 4.78 is -2.33. The number of halogens is 5. The standard InChI is InChI=1S/C6H7Cl5N4/c1-3(2)15-4(12-13-14-15)5(7,8)6(9,10)11/h3H,1-2H3. The van der Waals surface area contributed by atoms with E-state index < -0.39 is 8.13 Å². The number of alkyl halides is 5. The van der Waals surface area contributed by atoms with Gasteiger partial charge in [-0.05, 0) is 24.3 Å². The lowest BCUT2D eigenvalue weighted by molar-refractivity contribution is 0.484. The first kappa shape index (κ1) is 13.6. The van der Waals surface area contributed by atoms with E-state index >= 15 is 0 Å². The number of hydrogen-bond acceptors (Lipinski definition) is 3. The molecule has 1 rings (SSSR count). The van der Waals surface area contributed by atoms with Crippen molar-refractivity contribution in [2.75, 3.05) is 0 Å². The molecule has 15 heavy (non-hydrogen) atoms. The van der Waals surface area contributed by atoms with Crippen LogP contribution in [0.4, 0.5) is 0 Å². The second-order valence-corrected chi connectivity index (χ2v) is 6.72. The SMILES string of the molecule is CC(C)n1nnnc1C(Cl)(Cl)C(Cl)(Cl)Cl. The van der Waals surface area contributed by atoms with Crippen molar-refractivity contribution in [3.63, 3.8) is 0 Å². The first-order valence-corrected chi connectivity index (χ1v) is 5.79. The van der Waals surface area contributed by atoms with E-state index in [0.717, 1.165) is 0 Å². The summed E-state index contributed by atoms with van der Waals surface area (Å²) in [6.45, 7) is 3.70. The highest BCUT2D eigenvalue weighted by Gasteiger charge is 2.51. The minimum Gasteiger partial charge on any atom is -0.224 e. The van der Waals surface area contributed by atoms with Crippen LogP contribution in [0, 0.1) is 0 Å². The van der Waals surface area contributed by atoms with E-state index in [0.29, 0.717) is 0 Å². The summed E-state index contributed by atoms with van der Waals surface area (Å²) in [5.74, 6) is 0.0980. The Morgan fingerprint density at radius 3 is 2.07 bits per heavy atom. The smallest absolute Gasteiger partial charge is 0.224 e. The Labute approximate surface area is 112 Å². The van der Waals surface area contributed by atoms with Gasteiger partial charge in [-0.2, -0.15) is 0 Å². The highest BCUT2D eigenvalue weighted by molar-refractivity contribution is 6.75. The molecule has 0 aliphatic rings. The van der Waals surface area contributed by atoms with Crippen LogP contribution in [0.2, 0.25) is 0 Å². The third-order valence-electron chi connectivity index (χ3n) is 1.62. The lowest BCUT2D eigenvalue weighted by Gasteiger charge is -2.26. The second kappa shape index (κ2) is 4.41. The highest BCUT2D eigenvalue weighted by Crippen LogP contribution is 2.52. The van der Waals surface area contributed by atoms with Gasteiger partial charge in [-0.3, -0.25) is 0 Å². The highest BCUT2D eigenvalue weighted by atomic mass is 35.6. The topological polar surface area (TPSA) is 43.6 Å². The Kier molecular flexibility index (Phi) is 4.00. The molecule has 9 heteroatoms. The molecule has 0 atom stereocenters. The number of nitrogens with zero attached hydrogens (tertiary/aromatic N) is 4. The molecule has 0 N–H and O–H groups in total. The summed E-state index contributed by atoms with van der Waals surface area (Å²) in [6.07, 6.45) is 0. The normalized spacial score (nSPS) is 13.6. The average Bonchev–Trinajstić information content (AvgIpc) is 2.48. The number of tetrazole rings is 1. The quantitative estimate of drug-likeness (QED) is 0.787. The zero-order chi connectivity index (χ0) is 11.9. The fourth-order valence-corrected chi connectivity index (χ4v) is 1.38. The Morgan fingerprint density at radius 2 is 1.67 bits per heavy atom. The van der Waals surface area contributed by atoms with Crippen LogP contribution in [0.1, 0.15) is 25.7 Å². The van der Waals surface area contributed by atoms with Crippen molar-refractivity contribution >= 4 is 58.0 Å². The van der Waals surface area contributed by atoms with E-state index in [-0.39, 0.29) is 11.9 Å². The van der Waals surface area contributed by atoms with Gasteiger partial charge in [0, 0.05) is 0 Å². The Morgan fingerprint density at radius 1 is 1.13 bits per heavy atom. The maximum Gasteiger partial charge on any atom is 0.230 e. The molecule has 0 unspecified atom stereocenters. The molecule has 0 aliphatic carbocycles. The molecule has 0 fully saturated rings. The van der Waals surface area contributed by atoms with E-state index in [1.54, 1.807) is 0 Å². The van der Waals surface area contributed by atoms with E-state index in [9.17, 15) is 0 Å². The first-order chi connectivity index (χ1) is 6.68. The van der Waals surface area contributed by atoms with Crippen LogP contribution in [-0.2, 0) is 4.33 Å². The van der Waals surface area contributed by atoms with Gasteiger partial charge in [0.15, 0.2) is 5.82 Å². The fraction of sp³-hybridized carbons (Fsp3) is 0.833. The molecule has 0 saturated carbocycles. The van der Waals surface area contributed by atoms with E-state index in [1.165, 1.54) is 4.68 Å². The van der Waals surface area contributed by atoms with Gasteiger partial charge >= 0.3 is 0 Å². The molecule has 1 aromatic rings. The van der Waals surface area contributed by atoms with Gasteiger partial charge in [0.05, 0.1) is 6.04 Å². The maximum atomic E-state index is 5.93. The summed E-state index contributed by atoms with van der Waals surface area (Å²) in [5.41, 5.74) is 0. The molecule has 0 aliphatic heterocycles. The van der Waals surface area contributed by atoms with Crippen LogP contribution < -0.4 is 0 Å². The fourth-order valence-electron chi connectivity index (χ4n) is 0.875. The zero-order valence-corrected chi connectivity index (χ0v) is 11.5. The van der Waals surface area contributed by atoms with Crippen molar-refractivity contribution in [1.29, 1.82) is 0 Å². The van der Waals surface area contributed by atoms with Gasteiger partial charge in [0.1, 0.15) is 0 Å². The predicted octanol–water partition coefficient (Wildman–Crippen LogP) is 3.25. The van der Waals surface area contributed by atoms with Gasteiger partial charge in [0.2, 0.25) is 8.13 Å². The number of rotatable bonds is 2. The third-order valence-corrected chi connectivity index (χ3v) is 3.95. The van der Waals surface area contributed by atoms with E-state index in [4.69, 9.17) is 58.0 Å². The lowest BCUT2D eigenvalue weighted by Crippen LogP contribution is -2.32. The summed E-state index contributed by atoms with van der Waals surface area (Å²) in [6, 6.07) is -0.0424. The molecule has 0 saturated heterocycles. The van der Waals surface area contributed by atoms with Crippen LogP contribution in [0.5, 0.6) is 0 Å². The monoisotopic (exact) mass is 310 g/mol. The molecule has 86 valence electrons. The van der Waals surface area contributed by atoms with Gasteiger partial charge in [-0.25, -0.2) is 4.68 Å². The van der Waals surface area contributed by atoms with Gasteiger partial charge in [0.25, 0.3) is 0 Å². The van der Waals surface area contributed by atoms with Crippen molar-refractivity contribution in [2.24, 2.45) is 0 Å². The average molecular weight is 312 g/mol. The van der Waals surface area contributed by atoms with Crippen LogP contribution in [0.25, 0.3) is 0 Å². The molecule has 4 nitrogen and oxygen atoms in total. The predicted molar refractivity (Wildman–Crippen MR) is 61.9 cm³/mol. The van der Waals surface area contributed by atoms with Crippen molar-refractivity contribution in [2.45, 2.75) is 28.0 Å². The van der Waals surface area contributed by atoms with Crippen LogP contribution in [0.15, 0.2) is 0 Å². The van der Waals surface area contributed by atoms with E-state index in [1.807, 2.05) is 13.8 Å². The minimum atomic E-state index is -1.92. The van der Waals surface area contributed by atoms with Crippen LogP contribution >= 0.6 is 58.0 Å². The van der Waals surface area contributed by atoms with E-state index in [2.05, 4.69) is 15.5 Å². The molecular formula is C6H7Cl5N4. The van der Waals surface area contributed by atoms with Gasteiger partial charge < -0.3 is 0 Å². The molecule has 0 radical (unpaired) electrons. The Balaban J connectivity index is 3.21. The van der Waals surface area contributed by atoms with Crippen molar-refractivity contribution in [1.82, 2.24) is 20.2 Å². The zero-order valence-electron chi connectivity index (χ0n) is 7.76. The summed E-state index contributed by atoms with van der Waals surface area (Å²) >= 11 is 28.8. The summed E-state index contributed by atoms with van der Waals surface area (Å²) in [7, 11) is 0. The van der Waals surface area contributed by atoms with Crippen molar-refractivity contribution < 1.29 is 0 Å². The number of hydrogen-bond donors (Lipinski definition) is 0. The first-order valence-electron chi connectivity index (χ1n) is 3.91.